The van der Waals surface area contributed by atoms with Crippen molar-refractivity contribution in [1.82, 2.24) is 0 Å². The van der Waals surface area contributed by atoms with Gasteiger partial charge in [0, 0.05) is 23.0 Å². The van der Waals surface area contributed by atoms with Gasteiger partial charge < -0.3 is 15.7 Å². The molecule has 0 fully saturated rings. The third kappa shape index (κ3) is 4.61. The number of nitrogen functional groups attached to an aromatic ring is 1. The third-order valence-electron chi connectivity index (χ3n) is 3.27. The van der Waals surface area contributed by atoms with Crippen LogP contribution in [0.1, 0.15) is 11.1 Å². The number of anilines is 1. The minimum absolute atomic E-state index is 0.578. The number of nitrogens with two attached hydrogens (primary N) is 2. The number of rotatable bonds is 2. The summed E-state index contributed by atoms with van der Waals surface area (Å²) in [5, 5.41) is 7.12. The maximum Gasteiger partial charge on any atom is 0.490 e. The summed E-state index contributed by atoms with van der Waals surface area (Å²) < 4.78 is 31.7. The van der Waals surface area contributed by atoms with Crippen LogP contribution in [-0.4, -0.2) is 23.5 Å². The van der Waals surface area contributed by atoms with Crippen LogP contribution in [0.15, 0.2) is 47.5 Å². The highest BCUT2D eigenvalue weighted by molar-refractivity contribution is 6.21. The van der Waals surface area contributed by atoms with Crippen molar-refractivity contribution in [3.63, 3.8) is 0 Å². The second-order valence-electron chi connectivity index (χ2n) is 5.10. The van der Waals surface area contributed by atoms with Crippen LogP contribution in [-0.2, 0) is 4.79 Å². The topological polar surface area (TPSA) is 111 Å². The molecule has 5 N–H and O–H groups in total. The molecule has 0 spiro atoms. The zero-order chi connectivity index (χ0) is 19.3. The Morgan fingerprint density at radius 3 is 2.31 bits per heavy atom. The summed E-state index contributed by atoms with van der Waals surface area (Å²) in [7, 11) is 0. The lowest BCUT2D eigenvalue weighted by molar-refractivity contribution is -0.192. The second-order valence-corrected chi connectivity index (χ2v) is 5.10. The molecule has 0 aromatic heterocycles. The lowest BCUT2D eigenvalue weighted by atomic mass is 10.0. The molecule has 0 radical (unpaired) electrons. The van der Waals surface area contributed by atoms with Crippen LogP contribution >= 0.6 is 0 Å². The van der Waals surface area contributed by atoms with E-state index in [4.69, 9.17) is 26.4 Å². The van der Waals surface area contributed by atoms with Gasteiger partial charge in [-0.1, -0.05) is 24.3 Å². The summed E-state index contributed by atoms with van der Waals surface area (Å²) in [6.07, 6.45) is -1.22. The first-order valence-corrected chi connectivity index (χ1v) is 7.14. The van der Waals surface area contributed by atoms with Crippen LogP contribution in [0.5, 0.6) is 5.75 Å². The standard InChI is InChI=1S/C15H13N3O.C2HF3O2/c16-12-6-4-10(5-7-12)8-11-9-18-15-13(11)2-1-3-14(15)19-17;3-2(4,5)1(6)7/h1-9H,16-17H2;(H,6,7). The lowest BCUT2D eigenvalue weighted by Crippen LogP contribution is -2.21. The van der Waals surface area contributed by atoms with Crippen molar-refractivity contribution in [1.29, 1.82) is 0 Å². The quantitative estimate of drug-likeness (QED) is 0.558. The van der Waals surface area contributed by atoms with Gasteiger partial charge in [0.25, 0.3) is 0 Å². The molecule has 0 atom stereocenters. The minimum atomic E-state index is -5.08. The number of carboxylic acids is 1. The Kier molecular flexibility index (Phi) is 5.63. The van der Waals surface area contributed by atoms with Gasteiger partial charge in [0.2, 0.25) is 0 Å². The SMILES string of the molecule is NOc1cccc2c1N=CC2=Cc1ccc(N)cc1.O=C(O)C(F)(F)F. The average molecular weight is 365 g/mol. The number of allylic oxidation sites excluding steroid dienone is 1. The number of fused-ring (bicyclic) bond motifs is 1. The molecule has 1 aliphatic heterocycles. The predicted molar refractivity (Wildman–Crippen MR) is 91.8 cm³/mol. The molecule has 26 heavy (non-hydrogen) atoms. The maximum absolute atomic E-state index is 10.6. The molecule has 1 heterocycles. The van der Waals surface area contributed by atoms with E-state index < -0.39 is 12.1 Å². The van der Waals surface area contributed by atoms with E-state index in [2.05, 4.69) is 11.1 Å². The van der Waals surface area contributed by atoms with E-state index in [9.17, 15) is 13.2 Å². The first-order chi connectivity index (χ1) is 12.2. The molecule has 1 aliphatic rings. The normalized spacial score (nSPS) is 13.8. The van der Waals surface area contributed by atoms with Crippen LogP contribution in [0.25, 0.3) is 11.6 Å². The molecule has 0 saturated carbocycles. The van der Waals surface area contributed by atoms with Crippen LogP contribution in [0.4, 0.5) is 24.5 Å². The van der Waals surface area contributed by atoms with Crippen LogP contribution in [0.3, 0.4) is 0 Å². The van der Waals surface area contributed by atoms with E-state index in [1.807, 2.05) is 42.6 Å². The van der Waals surface area contributed by atoms with Crippen molar-refractivity contribution in [3.05, 3.63) is 53.6 Å². The Labute approximate surface area is 146 Å². The maximum atomic E-state index is 10.6. The number of halogens is 3. The Bertz CT molecular complexity index is 860. The van der Waals surface area contributed by atoms with Gasteiger partial charge in [-0.15, -0.1) is 0 Å². The second kappa shape index (κ2) is 7.70. The summed E-state index contributed by atoms with van der Waals surface area (Å²) in [5.74, 6) is 3.05. The van der Waals surface area contributed by atoms with Gasteiger partial charge in [0.1, 0.15) is 5.69 Å². The third-order valence-corrected chi connectivity index (χ3v) is 3.27. The number of nitrogens with zero attached hydrogens (tertiary/aromatic N) is 1. The molecule has 3 rings (SSSR count). The van der Waals surface area contributed by atoms with Gasteiger partial charge in [-0.05, 0) is 29.8 Å². The minimum Gasteiger partial charge on any atom is -0.475 e. The Morgan fingerprint density at radius 1 is 1.15 bits per heavy atom. The number of hydrogen-bond acceptors (Lipinski definition) is 5. The van der Waals surface area contributed by atoms with E-state index in [0.29, 0.717) is 5.75 Å². The number of aliphatic imine (C=N–C) groups is 1. The number of para-hydroxylation sites is 1. The van der Waals surface area contributed by atoms with Crippen LogP contribution in [0.2, 0.25) is 0 Å². The zero-order valence-electron chi connectivity index (χ0n) is 13.2. The fourth-order valence-electron chi connectivity index (χ4n) is 2.07. The first-order valence-electron chi connectivity index (χ1n) is 7.14. The number of hydrogen-bond donors (Lipinski definition) is 3. The molecule has 0 saturated heterocycles. The van der Waals surface area contributed by atoms with Crippen molar-refractivity contribution >= 4 is 35.2 Å². The highest BCUT2D eigenvalue weighted by Gasteiger charge is 2.38. The van der Waals surface area contributed by atoms with Crippen molar-refractivity contribution in [2.75, 3.05) is 5.73 Å². The van der Waals surface area contributed by atoms with Crippen molar-refractivity contribution in [3.8, 4) is 5.75 Å². The number of benzene rings is 2. The van der Waals surface area contributed by atoms with Gasteiger partial charge in [-0.2, -0.15) is 19.1 Å². The molecule has 0 amide bonds. The van der Waals surface area contributed by atoms with Crippen LogP contribution in [0, 0.1) is 0 Å². The van der Waals surface area contributed by atoms with E-state index in [1.165, 1.54) is 0 Å². The number of alkyl halides is 3. The highest BCUT2D eigenvalue weighted by Crippen LogP contribution is 2.39. The number of aliphatic carboxylic acids is 1. The van der Waals surface area contributed by atoms with Crippen molar-refractivity contribution in [2.45, 2.75) is 6.18 Å². The number of carbonyl (C=O) groups is 1. The summed E-state index contributed by atoms with van der Waals surface area (Å²) in [6, 6.07) is 13.4. The number of carboxylic acid groups (broad SMARTS) is 1. The Balaban J connectivity index is 0.000000298. The average Bonchev–Trinajstić information content (AvgIpc) is 3.00. The molecule has 9 heteroatoms. The van der Waals surface area contributed by atoms with Gasteiger partial charge in [0.05, 0.1) is 0 Å². The smallest absolute Gasteiger partial charge is 0.475 e. The van der Waals surface area contributed by atoms with Crippen molar-refractivity contribution in [2.24, 2.45) is 10.9 Å². The van der Waals surface area contributed by atoms with Gasteiger partial charge in [-0.25, -0.2) is 4.79 Å². The molecule has 0 bridgehead atoms. The summed E-state index contributed by atoms with van der Waals surface area (Å²) >= 11 is 0. The molecule has 6 nitrogen and oxygen atoms in total. The lowest BCUT2D eigenvalue weighted by Gasteiger charge is -2.04. The summed E-state index contributed by atoms with van der Waals surface area (Å²) in [4.78, 5) is 18.1. The zero-order valence-corrected chi connectivity index (χ0v) is 13.2. The highest BCUT2D eigenvalue weighted by atomic mass is 19.4. The summed E-state index contributed by atoms with van der Waals surface area (Å²) in [6.45, 7) is 0. The van der Waals surface area contributed by atoms with E-state index >= 15 is 0 Å². The molecule has 2 aromatic carbocycles. The molecule has 0 unspecified atom stereocenters. The Hall–Kier alpha value is -3.33. The van der Waals surface area contributed by atoms with Gasteiger partial charge >= 0.3 is 12.1 Å². The molecular formula is C17H14F3N3O3. The largest absolute Gasteiger partial charge is 0.490 e. The van der Waals surface area contributed by atoms with Gasteiger partial charge in [0.15, 0.2) is 5.75 Å². The molecule has 2 aromatic rings. The van der Waals surface area contributed by atoms with E-state index in [1.54, 1.807) is 6.07 Å². The van der Waals surface area contributed by atoms with Gasteiger partial charge in [-0.3, -0.25) is 4.99 Å². The fourth-order valence-corrected chi connectivity index (χ4v) is 2.07. The first kappa shape index (κ1) is 19.0. The van der Waals surface area contributed by atoms with E-state index in [-0.39, 0.29) is 0 Å². The summed E-state index contributed by atoms with van der Waals surface area (Å²) in [5.41, 5.74) is 10.3. The Morgan fingerprint density at radius 2 is 1.77 bits per heavy atom. The molecule has 0 aliphatic carbocycles. The van der Waals surface area contributed by atoms with Crippen molar-refractivity contribution < 1.29 is 27.9 Å². The molecular weight excluding hydrogens is 351 g/mol. The van der Waals surface area contributed by atoms with E-state index in [0.717, 1.165) is 28.1 Å². The molecule has 136 valence electrons. The fraction of sp³-hybridized carbons (Fsp3) is 0.0588. The predicted octanol–water partition coefficient (Wildman–Crippen LogP) is 3.41. The monoisotopic (exact) mass is 365 g/mol. The van der Waals surface area contributed by atoms with Crippen LogP contribution < -0.4 is 16.5 Å².